The van der Waals surface area contributed by atoms with Crippen LogP contribution in [0.1, 0.15) is 5.56 Å². The molecule has 0 radical (unpaired) electrons. The molecule has 0 saturated heterocycles. The molecular formula is C15H27NO11S. The molecule has 28 heavy (non-hydrogen) atoms. The summed E-state index contributed by atoms with van der Waals surface area (Å²) in [7, 11) is -4.27. The smallest absolute Gasteiger partial charge is 0.247 e. The largest absolute Gasteiger partial charge is 0.744 e. The van der Waals surface area contributed by atoms with Crippen LogP contribution in [0.4, 0.5) is 0 Å². The molecule has 0 aliphatic heterocycles. The molecule has 4 N–H and O–H groups in total. The highest BCUT2D eigenvalue weighted by molar-refractivity contribution is 7.85. The van der Waals surface area contributed by atoms with Crippen molar-refractivity contribution >= 4 is 10.1 Å². The number of hydrogen-bond acceptors (Lipinski definition) is 11. The Morgan fingerprint density at radius 1 is 0.786 bits per heavy atom. The molecule has 1 aromatic carbocycles. The number of quaternary nitrogens is 1. The van der Waals surface area contributed by atoms with Gasteiger partial charge in [0.05, 0.1) is 31.3 Å². The Hall–Kier alpha value is -1.23. The number of aliphatic hydroxyl groups excluding tert-OH is 4. The van der Waals surface area contributed by atoms with Gasteiger partial charge in [-0.2, -0.15) is 0 Å². The lowest BCUT2D eigenvalue weighted by Crippen LogP contribution is -2.49. The van der Waals surface area contributed by atoms with E-state index in [1.807, 2.05) is 6.92 Å². The minimum atomic E-state index is -4.27. The van der Waals surface area contributed by atoms with Crippen LogP contribution in [0.2, 0.25) is 0 Å². The van der Waals surface area contributed by atoms with Gasteiger partial charge in [-0.25, -0.2) is 8.42 Å². The first kappa shape index (κ1) is 26.8. The molecule has 0 atom stereocenters. The summed E-state index contributed by atoms with van der Waals surface area (Å²) in [5, 5.41) is 33.4. The lowest BCUT2D eigenvalue weighted by molar-refractivity contribution is -1.47. The summed E-state index contributed by atoms with van der Waals surface area (Å²) in [4.78, 5) is 19.7. The van der Waals surface area contributed by atoms with Gasteiger partial charge in [0, 0.05) is 0 Å². The van der Waals surface area contributed by atoms with Crippen molar-refractivity contribution in [1.29, 1.82) is 0 Å². The first-order chi connectivity index (χ1) is 13.2. The second kappa shape index (κ2) is 14.7. The van der Waals surface area contributed by atoms with Crippen LogP contribution < -0.4 is 0 Å². The Balaban J connectivity index is 0.000000567. The normalized spacial score (nSPS) is 11.8. The van der Waals surface area contributed by atoms with Gasteiger partial charge < -0.3 is 25.0 Å². The van der Waals surface area contributed by atoms with Crippen LogP contribution in [0.15, 0.2) is 29.2 Å². The predicted molar refractivity (Wildman–Crippen MR) is 91.6 cm³/mol. The average molecular weight is 429 g/mol. The van der Waals surface area contributed by atoms with Crippen molar-refractivity contribution in [3.05, 3.63) is 29.8 Å². The van der Waals surface area contributed by atoms with E-state index in [1.165, 1.54) is 12.1 Å². The lowest BCUT2D eigenvalue weighted by atomic mass is 10.2. The SMILES string of the molecule is Cc1ccc(S(=O)(=O)[O-])cc1.OCCO[N+](OCCO)(OCCO)OCCO. The fourth-order valence-corrected chi connectivity index (χ4v) is 2.01. The van der Waals surface area contributed by atoms with E-state index in [2.05, 4.69) is 0 Å². The number of aliphatic hydroxyl groups is 4. The van der Waals surface area contributed by atoms with Gasteiger partial charge in [-0.3, -0.25) is 0 Å². The molecule has 0 aromatic heterocycles. The summed E-state index contributed by atoms with van der Waals surface area (Å²) >= 11 is 0. The third-order valence-corrected chi connectivity index (χ3v) is 3.52. The minimum Gasteiger partial charge on any atom is -0.744 e. The number of aryl methyl sites for hydroxylation is 1. The van der Waals surface area contributed by atoms with E-state index < -0.39 is 15.3 Å². The zero-order valence-electron chi connectivity index (χ0n) is 15.5. The topological polar surface area (TPSA) is 175 Å². The molecule has 0 fully saturated rings. The molecule has 0 bridgehead atoms. The second-order valence-electron chi connectivity index (χ2n) is 4.94. The van der Waals surface area contributed by atoms with E-state index in [0.29, 0.717) is 0 Å². The van der Waals surface area contributed by atoms with E-state index in [-0.39, 0.29) is 57.8 Å². The molecule has 0 spiro atoms. The zero-order valence-corrected chi connectivity index (χ0v) is 16.3. The molecule has 12 nitrogen and oxygen atoms in total. The maximum Gasteiger partial charge on any atom is 0.247 e. The average Bonchev–Trinajstić information content (AvgIpc) is 2.67. The molecule has 164 valence electrons. The molecule has 0 amide bonds. The number of rotatable bonds is 13. The van der Waals surface area contributed by atoms with Crippen molar-refractivity contribution in [2.45, 2.75) is 11.8 Å². The Morgan fingerprint density at radius 2 is 1.11 bits per heavy atom. The predicted octanol–water partition coefficient (Wildman–Crippen LogP) is -1.60. The standard InChI is InChI=1S/C8H20NO8.C7H8O3S/c10-1-5-14-9(15-6-2-11,16-7-3-12)17-8-4-13;1-6-2-4-7(5-3-6)11(8,9)10/h10-13H,1-8H2;2-5H,1H3,(H,8,9,10)/q+1;/p-1. The van der Waals surface area contributed by atoms with Gasteiger partial charge >= 0.3 is 0 Å². The van der Waals surface area contributed by atoms with Crippen LogP contribution in [0.3, 0.4) is 0 Å². The molecule has 13 heteroatoms. The van der Waals surface area contributed by atoms with Crippen molar-refractivity contribution in [3.8, 4) is 0 Å². The van der Waals surface area contributed by atoms with E-state index >= 15 is 0 Å². The van der Waals surface area contributed by atoms with Crippen molar-refractivity contribution in [3.63, 3.8) is 0 Å². The molecule has 0 aliphatic carbocycles. The highest BCUT2D eigenvalue weighted by Crippen LogP contribution is 2.13. The maximum atomic E-state index is 10.4. The van der Waals surface area contributed by atoms with Crippen LogP contribution >= 0.6 is 0 Å². The minimum absolute atomic E-state index is 0.151. The molecule has 1 aromatic rings. The third kappa shape index (κ3) is 11.6. The molecular weight excluding hydrogens is 402 g/mol. The first-order valence-electron chi connectivity index (χ1n) is 8.18. The quantitative estimate of drug-likeness (QED) is 0.161. The van der Waals surface area contributed by atoms with E-state index in [0.717, 1.165) is 5.56 Å². The van der Waals surface area contributed by atoms with Crippen molar-refractivity contribution in [2.24, 2.45) is 0 Å². The Morgan fingerprint density at radius 3 is 1.36 bits per heavy atom. The van der Waals surface area contributed by atoms with Gasteiger partial charge in [0.2, 0.25) is 5.14 Å². The fraction of sp³-hybridized carbons (Fsp3) is 0.600. The zero-order chi connectivity index (χ0) is 21.5. The Bertz CT molecular complexity index is 571. The molecule has 0 saturated carbocycles. The molecule has 0 unspecified atom stereocenters. The van der Waals surface area contributed by atoms with Crippen molar-refractivity contribution in [1.82, 2.24) is 0 Å². The summed E-state index contributed by atoms with van der Waals surface area (Å²) in [6, 6.07) is 5.78. The van der Waals surface area contributed by atoms with Gasteiger partial charge in [0.15, 0.2) is 0 Å². The summed E-state index contributed by atoms with van der Waals surface area (Å²) in [6.07, 6.45) is 0. The molecule has 1 rings (SSSR count). The molecule has 0 heterocycles. The summed E-state index contributed by atoms with van der Waals surface area (Å²) in [5.41, 5.74) is 0.928. The van der Waals surface area contributed by atoms with Crippen molar-refractivity contribution < 1.29 is 57.9 Å². The maximum absolute atomic E-state index is 10.4. The summed E-state index contributed by atoms with van der Waals surface area (Å²) in [5.74, 6) is 0. The van der Waals surface area contributed by atoms with Gasteiger partial charge in [-0.15, -0.1) is 0 Å². The van der Waals surface area contributed by atoms with Gasteiger partial charge in [-0.1, -0.05) is 37.0 Å². The highest BCUT2D eigenvalue weighted by atomic mass is 32.2. The number of benzene rings is 1. The van der Waals surface area contributed by atoms with E-state index in [9.17, 15) is 13.0 Å². The van der Waals surface area contributed by atoms with Crippen molar-refractivity contribution in [2.75, 3.05) is 52.9 Å². The highest BCUT2D eigenvalue weighted by Gasteiger charge is 2.38. The Labute approximate surface area is 163 Å². The van der Waals surface area contributed by atoms with Crippen LogP contribution in [0, 0.1) is 6.92 Å². The van der Waals surface area contributed by atoms with Crippen LogP contribution in [0.5, 0.6) is 0 Å². The van der Waals surface area contributed by atoms with Gasteiger partial charge in [0.1, 0.15) is 36.5 Å². The van der Waals surface area contributed by atoms with E-state index in [4.69, 9.17) is 39.8 Å². The Kier molecular flexibility index (Phi) is 14.1. The van der Waals surface area contributed by atoms with Gasteiger partial charge in [-0.05, 0) is 19.1 Å². The number of nitrogens with zero attached hydrogens (tertiary/aromatic N) is 1. The monoisotopic (exact) mass is 429 g/mol. The first-order valence-corrected chi connectivity index (χ1v) is 9.58. The fourth-order valence-electron chi connectivity index (χ4n) is 1.54. The third-order valence-electron chi connectivity index (χ3n) is 2.67. The number of hydrogen-bond donors (Lipinski definition) is 4. The molecule has 0 aliphatic rings. The lowest BCUT2D eigenvalue weighted by Gasteiger charge is -2.24. The van der Waals surface area contributed by atoms with Gasteiger partial charge in [0.25, 0.3) is 0 Å². The summed E-state index contributed by atoms with van der Waals surface area (Å²) < 4.78 is 31.2. The van der Waals surface area contributed by atoms with Crippen LogP contribution in [0.25, 0.3) is 0 Å². The summed E-state index contributed by atoms with van der Waals surface area (Å²) in [6.45, 7) is 0.0260. The van der Waals surface area contributed by atoms with E-state index in [1.54, 1.807) is 12.1 Å². The van der Waals surface area contributed by atoms with Crippen LogP contribution in [-0.4, -0.2) is 91.4 Å². The van der Waals surface area contributed by atoms with Crippen LogP contribution in [-0.2, 0) is 29.5 Å². The second-order valence-corrected chi connectivity index (χ2v) is 6.32.